The molecule has 0 heterocycles. The number of carbonyl (C=O) groups is 1. The topological polar surface area (TPSA) is 64.3 Å². The third kappa shape index (κ3) is 5.57. The zero-order valence-corrected chi connectivity index (χ0v) is 13.6. The van der Waals surface area contributed by atoms with Crippen LogP contribution in [0.4, 0.5) is 0 Å². The van der Waals surface area contributed by atoms with Gasteiger partial charge in [-0.3, -0.25) is 4.79 Å². The molecule has 114 valence electrons. The lowest BCUT2D eigenvalue weighted by atomic mass is 9.88. The van der Waals surface area contributed by atoms with E-state index >= 15 is 0 Å². The Labute approximate surface area is 131 Å². The molecule has 0 saturated heterocycles. The van der Waals surface area contributed by atoms with Crippen LogP contribution in [0, 0.1) is 5.92 Å². The molecule has 0 aliphatic carbocycles. The third-order valence-electron chi connectivity index (χ3n) is 3.29. The quantitative estimate of drug-likeness (QED) is 0.846. The van der Waals surface area contributed by atoms with Gasteiger partial charge in [-0.15, -0.1) is 12.4 Å². The van der Waals surface area contributed by atoms with Gasteiger partial charge in [0.25, 0.3) is 5.91 Å². The number of ether oxygens (including phenoxy) is 1. The van der Waals surface area contributed by atoms with Crippen LogP contribution in [0.2, 0.25) is 5.02 Å². The number of carbonyl (C=O) groups excluding carboxylic acids is 1. The second kappa shape index (κ2) is 8.35. The highest BCUT2D eigenvalue weighted by atomic mass is 35.5. The summed E-state index contributed by atoms with van der Waals surface area (Å²) in [6.07, 6.45) is 0. The summed E-state index contributed by atoms with van der Waals surface area (Å²) in [6.45, 7) is 6.29. The highest BCUT2D eigenvalue weighted by Gasteiger charge is 2.28. The zero-order valence-electron chi connectivity index (χ0n) is 12.0. The average molecular weight is 321 g/mol. The minimum absolute atomic E-state index is 0. The second-order valence-corrected chi connectivity index (χ2v) is 5.51. The molecule has 1 rings (SSSR count). The van der Waals surface area contributed by atoms with Crippen LogP contribution >= 0.6 is 24.0 Å². The first-order valence-electron chi connectivity index (χ1n) is 6.27. The molecule has 0 aromatic heterocycles. The Morgan fingerprint density at radius 2 is 2.15 bits per heavy atom. The van der Waals surface area contributed by atoms with Crippen molar-refractivity contribution in [1.82, 2.24) is 5.32 Å². The van der Waals surface area contributed by atoms with E-state index in [1.165, 1.54) is 0 Å². The van der Waals surface area contributed by atoms with Crippen molar-refractivity contribution in [1.29, 1.82) is 0 Å². The number of halogens is 2. The van der Waals surface area contributed by atoms with Gasteiger partial charge in [-0.2, -0.15) is 0 Å². The van der Waals surface area contributed by atoms with Gasteiger partial charge in [-0.05, 0) is 31.0 Å². The van der Waals surface area contributed by atoms with Crippen LogP contribution in [-0.4, -0.2) is 24.6 Å². The lowest BCUT2D eigenvalue weighted by Crippen LogP contribution is -2.56. The molecule has 20 heavy (non-hydrogen) atoms. The molecule has 1 aromatic carbocycles. The van der Waals surface area contributed by atoms with Gasteiger partial charge in [-0.1, -0.05) is 31.5 Å². The first kappa shape index (κ1) is 19.0. The molecule has 0 saturated carbocycles. The van der Waals surface area contributed by atoms with E-state index in [1.54, 1.807) is 24.3 Å². The second-order valence-electron chi connectivity index (χ2n) is 5.07. The predicted octanol–water partition coefficient (Wildman–Crippen LogP) is 2.63. The summed E-state index contributed by atoms with van der Waals surface area (Å²) in [4.78, 5) is 11.9. The minimum atomic E-state index is -0.422. The molecule has 1 unspecified atom stereocenters. The van der Waals surface area contributed by atoms with Gasteiger partial charge in [0.2, 0.25) is 0 Å². The molecule has 1 amide bonds. The van der Waals surface area contributed by atoms with Gasteiger partial charge < -0.3 is 15.8 Å². The molecule has 4 nitrogen and oxygen atoms in total. The Balaban J connectivity index is 0.00000361. The van der Waals surface area contributed by atoms with E-state index in [1.807, 2.05) is 20.8 Å². The van der Waals surface area contributed by atoms with E-state index < -0.39 is 5.54 Å². The van der Waals surface area contributed by atoms with Crippen molar-refractivity contribution < 1.29 is 9.53 Å². The number of benzene rings is 1. The largest absolute Gasteiger partial charge is 0.484 e. The van der Waals surface area contributed by atoms with Gasteiger partial charge in [0.05, 0.1) is 5.54 Å². The van der Waals surface area contributed by atoms with Crippen molar-refractivity contribution in [3.63, 3.8) is 0 Å². The lowest BCUT2D eigenvalue weighted by Gasteiger charge is -2.33. The van der Waals surface area contributed by atoms with Gasteiger partial charge in [0, 0.05) is 11.6 Å². The SMILES string of the molecule is CC(C)C(C)(CN)NC(=O)COc1cccc(Cl)c1.Cl. The van der Waals surface area contributed by atoms with Crippen LogP contribution in [0.1, 0.15) is 20.8 Å². The van der Waals surface area contributed by atoms with E-state index in [9.17, 15) is 4.79 Å². The van der Waals surface area contributed by atoms with Crippen molar-refractivity contribution in [3.8, 4) is 5.75 Å². The zero-order chi connectivity index (χ0) is 14.5. The van der Waals surface area contributed by atoms with Crippen LogP contribution < -0.4 is 15.8 Å². The fraction of sp³-hybridized carbons (Fsp3) is 0.500. The lowest BCUT2D eigenvalue weighted by molar-refractivity contribution is -0.125. The van der Waals surface area contributed by atoms with Crippen LogP contribution in [-0.2, 0) is 4.79 Å². The van der Waals surface area contributed by atoms with Crippen molar-refractivity contribution in [2.75, 3.05) is 13.2 Å². The minimum Gasteiger partial charge on any atom is -0.484 e. The van der Waals surface area contributed by atoms with E-state index in [-0.39, 0.29) is 30.8 Å². The summed E-state index contributed by atoms with van der Waals surface area (Å²) in [6, 6.07) is 6.94. The Morgan fingerprint density at radius 1 is 1.50 bits per heavy atom. The number of hydrogen-bond donors (Lipinski definition) is 2. The third-order valence-corrected chi connectivity index (χ3v) is 3.52. The molecular weight excluding hydrogens is 299 g/mol. The van der Waals surface area contributed by atoms with Crippen LogP contribution in [0.3, 0.4) is 0 Å². The molecule has 0 radical (unpaired) electrons. The van der Waals surface area contributed by atoms with Gasteiger partial charge in [-0.25, -0.2) is 0 Å². The predicted molar refractivity (Wildman–Crippen MR) is 84.6 cm³/mol. The van der Waals surface area contributed by atoms with E-state index in [2.05, 4.69) is 5.32 Å². The fourth-order valence-electron chi connectivity index (χ4n) is 1.49. The number of hydrogen-bond acceptors (Lipinski definition) is 3. The van der Waals surface area contributed by atoms with Crippen LogP contribution in [0.25, 0.3) is 0 Å². The highest BCUT2D eigenvalue weighted by molar-refractivity contribution is 6.30. The van der Waals surface area contributed by atoms with Gasteiger partial charge in [0.15, 0.2) is 6.61 Å². The van der Waals surface area contributed by atoms with Crippen molar-refractivity contribution in [3.05, 3.63) is 29.3 Å². The number of nitrogens with two attached hydrogens (primary N) is 1. The summed E-state index contributed by atoms with van der Waals surface area (Å²) in [7, 11) is 0. The normalized spacial score (nSPS) is 13.3. The Hall–Kier alpha value is -0.970. The Bertz CT molecular complexity index is 441. The maximum atomic E-state index is 11.9. The highest BCUT2D eigenvalue weighted by Crippen LogP contribution is 2.17. The van der Waals surface area contributed by atoms with Crippen LogP contribution in [0.15, 0.2) is 24.3 Å². The first-order valence-corrected chi connectivity index (χ1v) is 6.64. The monoisotopic (exact) mass is 320 g/mol. The molecule has 6 heteroatoms. The summed E-state index contributed by atoms with van der Waals surface area (Å²) in [5.41, 5.74) is 5.29. The van der Waals surface area contributed by atoms with E-state index in [0.29, 0.717) is 17.3 Å². The number of amides is 1. The molecule has 0 spiro atoms. The van der Waals surface area contributed by atoms with Crippen molar-refractivity contribution in [2.45, 2.75) is 26.3 Å². The summed E-state index contributed by atoms with van der Waals surface area (Å²) in [5.74, 6) is 0.621. The molecule has 0 fully saturated rings. The number of rotatable bonds is 6. The van der Waals surface area contributed by atoms with E-state index in [0.717, 1.165) is 0 Å². The first-order chi connectivity index (χ1) is 8.87. The Morgan fingerprint density at radius 3 is 2.65 bits per heavy atom. The van der Waals surface area contributed by atoms with Crippen molar-refractivity contribution >= 4 is 29.9 Å². The molecule has 0 bridgehead atoms. The smallest absolute Gasteiger partial charge is 0.258 e. The maximum absolute atomic E-state index is 11.9. The van der Waals surface area contributed by atoms with Crippen LogP contribution in [0.5, 0.6) is 5.75 Å². The molecule has 3 N–H and O–H groups in total. The van der Waals surface area contributed by atoms with Crippen molar-refractivity contribution in [2.24, 2.45) is 11.7 Å². The molecule has 1 atom stereocenters. The standard InChI is InChI=1S/C14H21ClN2O2.ClH/c1-10(2)14(3,9-16)17-13(18)8-19-12-6-4-5-11(15)7-12;/h4-7,10H,8-9,16H2,1-3H3,(H,17,18);1H. The van der Waals surface area contributed by atoms with E-state index in [4.69, 9.17) is 22.1 Å². The summed E-state index contributed by atoms with van der Waals surface area (Å²) in [5, 5.41) is 3.48. The summed E-state index contributed by atoms with van der Waals surface area (Å²) < 4.78 is 5.38. The maximum Gasteiger partial charge on any atom is 0.258 e. The average Bonchev–Trinajstić information content (AvgIpc) is 2.36. The summed E-state index contributed by atoms with van der Waals surface area (Å²) >= 11 is 5.83. The van der Waals surface area contributed by atoms with Gasteiger partial charge in [0.1, 0.15) is 5.75 Å². The Kier molecular flexibility index (Phi) is 7.94. The molecular formula is C14H22Cl2N2O2. The molecule has 0 aliphatic heterocycles. The fourth-order valence-corrected chi connectivity index (χ4v) is 1.67. The molecule has 0 aliphatic rings. The number of nitrogens with one attached hydrogen (secondary N) is 1. The molecule has 1 aromatic rings. The van der Waals surface area contributed by atoms with Gasteiger partial charge >= 0.3 is 0 Å².